The van der Waals surface area contributed by atoms with Crippen molar-refractivity contribution in [2.75, 3.05) is 23.7 Å². The second-order valence-corrected chi connectivity index (χ2v) is 12.2. The monoisotopic (exact) mass is 619 g/mol. The Morgan fingerprint density at radius 2 is 1.68 bits per heavy atom. The van der Waals surface area contributed by atoms with Crippen molar-refractivity contribution >= 4 is 55.1 Å². The van der Waals surface area contributed by atoms with Crippen LogP contribution in [0.15, 0.2) is 77.3 Å². The van der Waals surface area contributed by atoms with Crippen molar-refractivity contribution in [2.24, 2.45) is 0 Å². The molecule has 0 aliphatic rings. The molecule has 0 heterocycles. The van der Waals surface area contributed by atoms with Crippen molar-refractivity contribution in [2.45, 2.75) is 32.9 Å². The van der Waals surface area contributed by atoms with Crippen molar-refractivity contribution in [3.63, 3.8) is 0 Å². The molecule has 2 amide bonds. The first kappa shape index (κ1) is 29.7. The Bertz CT molecular complexity index is 1390. The number of sulfonamides is 1. The number of halogens is 2. The van der Waals surface area contributed by atoms with E-state index in [1.54, 1.807) is 25.1 Å². The standard InChI is InChI=1S/C28H31BrClN3O4S/c1-4-31-28(35)26(17-21-9-6-5-7-10-21)32(18-22-11-8-12-23(29)16-22)27(34)19-33(38(3,36)37)25-14-13-24(30)15-20(25)2/h5-16,26H,4,17-19H2,1-3H3,(H,31,35)/t26-/m0/s1. The molecule has 0 saturated heterocycles. The first-order chi connectivity index (χ1) is 18.0. The first-order valence-corrected chi connectivity index (χ1v) is 15.1. The van der Waals surface area contributed by atoms with E-state index in [-0.39, 0.29) is 18.9 Å². The average molecular weight is 621 g/mol. The minimum atomic E-state index is -3.84. The number of carbonyl (C=O) groups is 2. The van der Waals surface area contributed by atoms with Crippen LogP contribution in [0.3, 0.4) is 0 Å². The molecule has 0 fully saturated rings. The van der Waals surface area contributed by atoms with E-state index in [0.29, 0.717) is 22.8 Å². The van der Waals surface area contributed by atoms with Gasteiger partial charge >= 0.3 is 0 Å². The zero-order valence-electron chi connectivity index (χ0n) is 21.5. The lowest BCUT2D eigenvalue weighted by molar-refractivity contribution is -0.140. The Kier molecular flexibility index (Phi) is 10.4. The maximum absolute atomic E-state index is 14.0. The highest BCUT2D eigenvalue weighted by molar-refractivity contribution is 9.10. The first-order valence-electron chi connectivity index (χ1n) is 12.1. The highest BCUT2D eigenvalue weighted by Crippen LogP contribution is 2.26. The van der Waals surface area contributed by atoms with E-state index in [9.17, 15) is 18.0 Å². The number of aryl methyl sites for hydroxylation is 1. The molecule has 0 radical (unpaired) electrons. The van der Waals surface area contributed by atoms with Crippen LogP contribution >= 0.6 is 27.5 Å². The van der Waals surface area contributed by atoms with Crippen LogP contribution in [0.25, 0.3) is 0 Å². The molecular weight excluding hydrogens is 590 g/mol. The van der Waals surface area contributed by atoms with Crippen LogP contribution in [-0.2, 0) is 32.6 Å². The fourth-order valence-electron chi connectivity index (χ4n) is 4.17. The summed E-state index contributed by atoms with van der Waals surface area (Å²) in [5.74, 6) is -0.815. The van der Waals surface area contributed by atoms with E-state index in [2.05, 4.69) is 21.2 Å². The topological polar surface area (TPSA) is 86.8 Å². The molecule has 0 unspecified atom stereocenters. The van der Waals surface area contributed by atoms with Crippen molar-refractivity contribution in [3.8, 4) is 0 Å². The quantitative estimate of drug-likeness (QED) is 0.329. The van der Waals surface area contributed by atoms with Gasteiger partial charge in [-0.05, 0) is 60.9 Å². The number of nitrogens with one attached hydrogen (secondary N) is 1. The Morgan fingerprint density at radius 1 is 1.00 bits per heavy atom. The fraction of sp³-hybridized carbons (Fsp3) is 0.286. The summed E-state index contributed by atoms with van der Waals surface area (Å²) in [5, 5.41) is 3.30. The lowest BCUT2D eigenvalue weighted by Crippen LogP contribution is -2.53. The molecular formula is C28H31BrClN3O4S. The van der Waals surface area contributed by atoms with Crippen LogP contribution in [0.4, 0.5) is 5.69 Å². The van der Waals surface area contributed by atoms with Crippen LogP contribution in [0.2, 0.25) is 5.02 Å². The molecule has 0 bridgehead atoms. The molecule has 3 aromatic carbocycles. The summed E-state index contributed by atoms with van der Waals surface area (Å²) in [6.07, 6.45) is 1.32. The van der Waals surface area contributed by atoms with Gasteiger partial charge in [0.1, 0.15) is 12.6 Å². The SMILES string of the molecule is CCNC(=O)[C@H](Cc1ccccc1)N(Cc1cccc(Br)c1)C(=O)CN(c1ccc(Cl)cc1C)S(C)(=O)=O. The molecule has 202 valence electrons. The number of carbonyl (C=O) groups excluding carboxylic acids is 2. The van der Waals surface area contributed by atoms with E-state index >= 15 is 0 Å². The molecule has 3 aromatic rings. The van der Waals surface area contributed by atoms with Gasteiger partial charge in [-0.25, -0.2) is 8.42 Å². The Balaban J connectivity index is 2.06. The summed E-state index contributed by atoms with van der Waals surface area (Å²) in [5.41, 5.74) is 2.64. The van der Waals surface area contributed by atoms with Crippen molar-refractivity contribution < 1.29 is 18.0 Å². The van der Waals surface area contributed by atoms with E-state index < -0.39 is 28.5 Å². The number of rotatable bonds is 11. The normalized spacial score (nSPS) is 12.0. The largest absolute Gasteiger partial charge is 0.355 e. The summed E-state index contributed by atoms with van der Waals surface area (Å²) < 4.78 is 27.6. The minimum Gasteiger partial charge on any atom is -0.355 e. The van der Waals surface area contributed by atoms with Crippen LogP contribution < -0.4 is 9.62 Å². The van der Waals surface area contributed by atoms with Gasteiger partial charge < -0.3 is 10.2 Å². The van der Waals surface area contributed by atoms with E-state index in [1.165, 1.54) is 4.90 Å². The number of likely N-dealkylation sites (N-methyl/N-ethyl adjacent to an activating group) is 1. The van der Waals surface area contributed by atoms with E-state index in [4.69, 9.17) is 11.6 Å². The number of amides is 2. The number of hydrogen-bond acceptors (Lipinski definition) is 4. The molecule has 7 nitrogen and oxygen atoms in total. The summed E-state index contributed by atoms with van der Waals surface area (Å²) in [6.45, 7) is 3.58. The average Bonchev–Trinajstić information content (AvgIpc) is 2.85. The lowest BCUT2D eigenvalue weighted by atomic mass is 10.0. The van der Waals surface area contributed by atoms with Gasteiger partial charge in [-0.1, -0.05) is 70.0 Å². The second kappa shape index (κ2) is 13.3. The van der Waals surface area contributed by atoms with Gasteiger partial charge in [0.05, 0.1) is 11.9 Å². The maximum Gasteiger partial charge on any atom is 0.244 e. The van der Waals surface area contributed by atoms with Gasteiger partial charge in [0.25, 0.3) is 0 Å². The summed E-state index contributed by atoms with van der Waals surface area (Å²) in [7, 11) is -3.84. The van der Waals surface area contributed by atoms with E-state index in [1.807, 2.05) is 61.5 Å². The zero-order valence-corrected chi connectivity index (χ0v) is 24.7. The molecule has 0 saturated carbocycles. The van der Waals surface area contributed by atoms with Crippen molar-refractivity contribution in [1.29, 1.82) is 0 Å². The van der Waals surface area contributed by atoms with Crippen LogP contribution in [0.5, 0.6) is 0 Å². The highest BCUT2D eigenvalue weighted by Gasteiger charge is 2.33. The highest BCUT2D eigenvalue weighted by atomic mass is 79.9. The van der Waals surface area contributed by atoms with Gasteiger partial charge in [-0.3, -0.25) is 13.9 Å². The van der Waals surface area contributed by atoms with Gasteiger partial charge in [-0.2, -0.15) is 0 Å². The number of hydrogen-bond donors (Lipinski definition) is 1. The molecule has 0 aromatic heterocycles. The lowest BCUT2D eigenvalue weighted by Gasteiger charge is -2.33. The summed E-state index contributed by atoms with van der Waals surface area (Å²) in [6, 6.07) is 20.8. The molecule has 10 heteroatoms. The zero-order chi connectivity index (χ0) is 27.9. The third kappa shape index (κ3) is 8.06. The van der Waals surface area contributed by atoms with Crippen LogP contribution in [-0.4, -0.2) is 50.5 Å². The van der Waals surface area contributed by atoms with Crippen LogP contribution in [0, 0.1) is 6.92 Å². The van der Waals surface area contributed by atoms with Crippen molar-refractivity contribution in [3.05, 3.63) is 99.0 Å². The summed E-state index contributed by atoms with van der Waals surface area (Å²) in [4.78, 5) is 28.8. The van der Waals surface area contributed by atoms with Gasteiger partial charge in [0, 0.05) is 29.0 Å². The Hall–Kier alpha value is -2.88. The maximum atomic E-state index is 14.0. The molecule has 38 heavy (non-hydrogen) atoms. The van der Waals surface area contributed by atoms with Crippen LogP contribution in [0.1, 0.15) is 23.6 Å². The summed E-state index contributed by atoms with van der Waals surface area (Å²) >= 11 is 9.55. The third-order valence-corrected chi connectivity index (χ3v) is 7.83. The predicted molar refractivity (Wildman–Crippen MR) is 156 cm³/mol. The minimum absolute atomic E-state index is 0.115. The Morgan fingerprint density at radius 3 is 2.29 bits per heavy atom. The molecule has 0 aliphatic heterocycles. The second-order valence-electron chi connectivity index (χ2n) is 8.95. The molecule has 0 spiro atoms. The third-order valence-electron chi connectivity index (χ3n) is 5.97. The fourth-order valence-corrected chi connectivity index (χ4v) is 5.75. The molecule has 1 N–H and O–H groups in total. The van der Waals surface area contributed by atoms with Gasteiger partial charge in [0.15, 0.2) is 0 Å². The van der Waals surface area contributed by atoms with Gasteiger partial charge in [0.2, 0.25) is 21.8 Å². The van der Waals surface area contributed by atoms with Gasteiger partial charge in [-0.15, -0.1) is 0 Å². The smallest absolute Gasteiger partial charge is 0.244 e. The molecule has 1 atom stereocenters. The number of benzene rings is 3. The number of nitrogens with zero attached hydrogens (tertiary/aromatic N) is 2. The van der Waals surface area contributed by atoms with Crippen molar-refractivity contribution in [1.82, 2.24) is 10.2 Å². The Labute approximate surface area is 238 Å². The molecule has 0 aliphatic carbocycles. The predicted octanol–water partition coefficient (Wildman–Crippen LogP) is 4.95. The molecule has 3 rings (SSSR count). The van der Waals surface area contributed by atoms with E-state index in [0.717, 1.165) is 26.2 Å². The number of anilines is 1.